The zero-order valence-corrected chi connectivity index (χ0v) is 8.88. The Hall–Kier alpha value is -0.450. The lowest BCUT2D eigenvalue weighted by atomic mass is 10.0. The number of benzene rings is 1. The quantitative estimate of drug-likeness (QED) is 0.838. The molecule has 0 radical (unpaired) electrons. The summed E-state index contributed by atoms with van der Waals surface area (Å²) < 4.78 is 13.8. The molecule has 0 amide bonds. The molecule has 4 N–H and O–H groups in total. The first-order valence-electron chi connectivity index (χ1n) is 3.99. The van der Waals surface area contributed by atoms with E-state index in [1.165, 1.54) is 0 Å². The maximum Gasteiger partial charge on any atom is 0.142 e. The lowest BCUT2D eigenvalue weighted by molar-refractivity contribution is 0.533. The number of nitrogens with two attached hydrogens (primary N) is 2. The molecular formula is C9H12BrFN2. The van der Waals surface area contributed by atoms with Gasteiger partial charge in [0.15, 0.2) is 0 Å². The summed E-state index contributed by atoms with van der Waals surface area (Å²) in [7, 11) is 0. The standard InChI is InChI=1S/C9H12BrFN2/c1-5(12)9(13)6-3-2-4-7(10)8(6)11/h2-5,9H,12-13H2,1H3. The third-order valence-electron chi connectivity index (χ3n) is 1.91. The highest BCUT2D eigenvalue weighted by atomic mass is 79.9. The van der Waals surface area contributed by atoms with Crippen LogP contribution in [0.1, 0.15) is 18.5 Å². The minimum atomic E-state index is -0.461. The van der Waals surface area contributed by atoms with Crippen molar-refractivity contribution in [3.05, 3.63) is 34.1 Å². The van der Waals surface area contributed by atoms with E-state index < -0.39 is 6.04 Å². The smallest absolute Gasteiger partial charge is 0.142 e. The first kappa shape index (κ1) is 10.6. The Labute approximate surface area is 85.2 Å². The average molecular weight is 247 g/mol. The van der Waals surface area contributed by atoms with Crippen LogP contribution >= 0.6 is 15.9 Å². The van der Waals surface area contributed by atoms with E-state index in [1.807, 2.05) is 0 Å². The summed E-state index contributed by atoms with van der Waals surface area (Å²) in [5.41, 5.74) is 11.8. The van der Waals surface area contributed by atoms with Crippen LogP contribution in [-0.4, -0.2) is 6.04 Å². The van der Waals surface area contributed by atoms with E-state index in [1.54, 1.807) is 25.1 Å². The van der Waals surface area contributed by atoms with Gasteiger partial charge in [0.05, 0.1) is 4.47 Å². The van der Waals surface area contributed by atoms with Crippen LogP contribution < -0.4 is 11.5 Å². The van der Waals surface area contributed by atoms with Crippen molar-refractivity contribution in [1.29, 1.82) is 0 Å². The molecule has 2 nitrogen and oxygen atoms in total. The van der Waals surface area contributed by atoms with Crippen molar-refractivity contribution in [2.45, 2.75) is 19.0 Å². The van der Waals surface area contributed by atoms with Gasteiger partial charge in [0, 0.05) is 17.6 Å². The average Bonchev–Trinajstić information content (AvgIpc) is 2.08. The molecule has 0 aliphatic heterocycles. The second-order valence-electron chi connectivity index (χ2n) is 3.03. The topological polar surface area (TPSA) is 52.0 Å². The Balaban J connectivity index is 3.07. The molecule has 0 bridgehead atoms. The first-order valence-corrected chi connectivity index (χ1v) is 4.78. The highest BCUT2D eigenvalue weighted by molar-refractivity contribution is 9.10. The van der Waals surface area contributed by atoms with Crippen LogP contribution in [-0.2, 0) is 0 Å². The van der Waals surface area contributed by atoms with Gasteiger partial charge in [0.1, 0.15) is 5.82 Å². The predicted octanol–water partition coefficient (Wildman–Crippen LogP) is 1.94. The third kappa shape index (κ3) is 2.27. The van der Waals surface area contributed by atoms with Crippen LogP contribution in [0.3, 0.4) is 0 Å². The minimum absolute atomic E-state index is 0.260. The molecule has 1 rings (SSSR count). The molecule has 0 heterocycles. The number of hydrogen-bond donors (Lipinski definition) is 2. The second-order valence-corrected chi connectivity index (χ2v) is 3.88. The Kier molecular flexibility index (Phi) is 3.41. The van der Waals surface area contributed by atoms with E-state index in [9.17, 15) is 4.39 Å². The highest BCUT2D eigenvalue weighted by Crippen LogP contribution is 2.23. The van der Waals surface area contributed by atoms with Crippen molar-refractivity contribution < 1.29 is 4.39 Å². The van der Waals surface area contributed by atoms with Gasteiger partial charge in [-0.05, 0) is 28.9 Å². The number of halogens is 2. The minimum Gasteiger partial charge on any atom is -0.326 e. The molecule has 0 aliphatic carbocycles. The molecule has 0 spiro atoms. The van der Waals surface area contributed by atoms with E-state index in [4.69, 9.17) is 11.5 Å². The fourth-order valence-electron chi connectivity index (χ4n) is 1.06. The van der Waals surface area contributed by atoms with Gasteiger partial charge in [-0.25, -0.2) is 4.39 Å². The summed E-state index contributed by atoms with van der Waals surface area (Å²) in [6, 6.07) is 4.30. The number of hydrogen-bond acceptors (Lipinski definition) is 2. The summed E-state index contributed by atoms with van der Waals surface area (Å²) in [5, 5.41) is 0. The van der Waals surface area contributed by atoms with Crippen LogP contribution in [0.4, 0.5) is 4.39 Å². The van der Waals surface area contributed by atoms with Crippen molar-refractivity contribution >= 4 is 15.9 Å². The van der Waals surface area contributed by atoms with Gasteiger partial charge >= 0.3 is 0 Å². The van der Waals surface area contributed by atoms with E-state index in [2.05, 4.69) is 15.9 Å². The normalized spacial score (nSPS) is 15.5. The summed E-state index contributed by atoms with van der Waals surface area (Å²) >= 11 is 3.09. The van der Waals surface area contributed by atoms with E-state index in [-0.39, 0.29) is 11.9 Å². The zero-order valence-electron chi connectivity index (χ0n) is 7.30. The van der Waals surface area contributed by atoms with Gasteiger partial charge < -0.3 is 11.5 Å². The van der Waals surface area contributed by atoms with Gasteiger partial charge in [-0.2, -0.15) is 0 Å². The van der Waals surface area contributed by atoms with E-state index in [0.717, 1.165) is 0 Å². The van der Waals surface area contributed by atoms with Gasteiger partial charge in [0.25, 0.3) is 0 Å². The Morgan fingerprint density at radius 2 is 2.00 bits per heavy atom. The molecule has 4 heteroatoms. The highest BCUT2D eigenvalue weighted by Gasteiger charge is 2.16. The van der Waals surface area contributed by atoms with Crippen molar-refractivity contribution in [3.8, 4) is 0 Å². The largest absolute Gasteiger partial charge is 0.326 e. The lowest BCUT2D eigenvalue weighted by Gasteiger charge is -2.16. The van der Waals surface area contributed by atoms with Gasteiger partial charge in [-0.15, -0.1) is 0 Å². The Morgan fingerprint density at radius 1 is 1.38 bits per heavy atom. The van der Waals surface area contributed by atoms with Crippen molar-refractivity contribution in [2.24, 2.45) is 11.5 Å². The van der Waals surface area contributed by atoms with Crippen LogP contribution in [0.25, 0.3) is 0 Å². The molecule has 0 saturated carbocycles. The third-order valence-corrected chi connectivity index (χ3v) is 2.52. The molecule has 72 valence electrons. The fourth-order valence-corrected chi connectivity index (χ4v) is 1.44. The predicted molar refractivity (Wildman–Crippen MR) is 54.7 cm³/mol. The van der Waals surface area contributed by atoms with Crippen molar-refractivity contribution in [3.63, 3.8) is 0 Å². The fraction of sp³-hybridized carbons (Fsp3) is 0.333. The molecule has 2 atom stereocenters. The van der Waals surface area contributed by atoms with Gasteiger partial charge in [-0.3, -0.25) is 0 Å². The Bertz CT molecular complexity index is 302. The summed E-state index contributed by atoms with van der Waals surface area (Å²) in [6.07, 6.45) is 0. The summed E-state index contributed by atoms with van der Waals surface area (Å²) in [4.78, 5) is 0. The van der Waals surface area contributed by atoms with Crippen molar-refractivity contribution in [2.75, 3.05) is 0 Å². The van der Waals surface area contributed by atoms with E-state index in [0.29, 0.717) is 10.0 Å². The van der Waals surface area contributed by atoms with Crippen LogP contribution in [0.2, 0.25) is 0 Å². The molecule has 1 aromatic carbocycles. The molecule has 0 aliphatic rings. The summed E-state index contributed by atoms with van der Waals surface area (Å²) in [5.74, 6) is -0.327. The number of rotatable bonds is 2. The molecule has 2 unspecified atom stereocenters. The van der Waals surface area contributed by atoms with Gasteiger partial charge in [-0.1, -0.05) is 12.1 Å². The molecule has 1 aromatic rings. The molecular weight excluding hydrogens is 235 g/mol. The molecule has 13 heavy (non-hydrogen) atoms. The second kappa shape index (κ2) is 4.17. The first-order chi connectivity index (χ1) is 6.04. The maximum atomic E-state index is 13.4. The Morgan fingerprint density at radius 3 is 2.54 bits per heavy atom. The monoisotopic (exact) mass is 246 g/mol. The molecule has 0 saturated heterocycles. The van der Waals surface area contributed by atoms with E-state index >= 15 is 0 Å². The van der Waals surface area contributed by atoms with Crippen LogP contribution in [0.15, 0.2) is 22.7 Å². The summed E-state index contributed by atoms with van der Waals surface area (Å²) in [6.45, 7) is 1.75. The molecule has 0 fully saturated rings. The lowest BCUT2D eigenvalue weighted by Crippen LogP contribution is -2.31. The maximum absolute atomic E-state index is 13.4. The van der Waals surface area contributed by atoms with Gasteiger partial charge in [0.2, 0.25) is 0 Å². The SMILES string of the molecule is CC(N)C(N)c1cccc(Br)c1F. The zero-order chi connectivity index (χ0) is 10.0. The van der Waals surface area contributed by atoms with Crippen LogP contribution in [0, 0.1) is 5.82 Å². The van der Waals surface area contributed by atoms with Crippen molar-refractivity contribution in [1.82, 2.24) is 0 Å². The molecule has 0 aromatic heterocycles. The van der Waals surface area contributed by atoms with Crippen LogP contribution in [0.5, 0.6) is 0 Å².